The van der Waals surface area contributed by atoms with Crippen LogP contribution >= 0.6 is 0 Å². The number of pyridine rings is 1. The van der Waals surface area contributed by atoms with E-state index >= 15 is 0 Å². The molecule has 17 heteroatoms. The van der Waals surface area contributed by atoms with Crippen molar-refractivity contribution in [2.45, 2.75) is 13.1 Å². The SMILES string of the molecule is COc1cccc(C=NCc2cccc(CN=Cc3cccc(OC)c3[O-])n2)c1[O-].O=[N+]([O-])[O-].O=[N+]([O-])[O-].[K+].[Yb+3]. The normalized spacial score (nSPS) is 9.65. The van der Waals surface area contributed by atoms with E-state index < -0.39 is 10.2 Å². The first-order chi connectivity index (χ1) is 18.1. The predicted molar refractivity (Wildman–Crippen MR) is 132 cm³/mol. The number of hydrogen-bond donors (Lipinski definition) is 0. The number of rotatable bonds is 8. The second-order valence-electron chi connectivity index (χ2n) is 6.76. The summed E-state index contributed by atoms with van der Waals surface area (Å²) in [6.07, 6.45) is 3.05. The van der Waals surface area contributed by atoms with Crippen LogP contribution in [0.4, 0.5) is 0 Å². The number of benzene rings is 2. The summed E-state index contributed by atoms with van der Waals surface area (Å²) in [7, 11) is 2.92. The van der Waals surface area contributed by atoms with Crippen molar-refractivity contribution in [2.75, 3.05) is 14.2 Å². The van der Waals surface area contributed by atoms with Gasteiger partial charge in [0.25, 0.3) is 0 Å². The fourth-order valence-corrected chi connectivity index (χ4v) is 2.77. The molecule has 3 rings (SSSR count). The van der Waals surface area contributed by atoms with Gasteiger partial charge in [0.05, 0.1) is 48.9 Å². The van der Waals surface area contributed by atoms with Crippen LogP contribution in [0.15, 0.2) is 64.6 Å². The van der Waals surface area contributed by atoms with Gasteiger partial charge < -0.3 is 50.3 Å². The zero-order chi connectivity index (χ0) is 28.5. The Morgan fingerprint density at radius 3 is 1.38 bits per heavy atom. The summed E-state index contributed by atoms with van der Waals surface area (Å²) < 4.78 is 10.1. The quantitative estimate of drug-likeness (QED) is 0.118. The van der Waals surface area contributed by atoms with Crippen LogP contribution in [0.2, 0.25) is 0 Å². The molecule has 0 saturated carbocycles. The molecule has 0 fully saturated rings. The Hall–Kier alpha value is -2.31. The molecule has 1 aromatic heterocycles. The van der Waals surface area contributed by atoms with Gasteiger partial charge in [0, 0.05) is 12.4 Å². The van der Waals surface area contributed by atoms with Gasteiger partial charge in [-0.25, -0.2) is 0 Å². The van der Waals surface area contributed by atoms with Crippen LogP contribution in [0.5, 0.6) is 23.0 Å². The molecule has 0 atom stereocenters. The smallest absolute Gasteiger partial charge is 0.870 e. The number of aliphatic imine (C=N–C) groups is 2. The fraction of sp³-hybridized carbons (Fsp3) is 0.174. The molecule has 0 amide bonds. The topological polar surface area (TPSA) is 235 Å². The van der Waals surface area contributed by atoms with E-state index in [1.165, 1.54) is 26.6 Å². The van der Waals surface area contributed by atoms with Crippen molar-refractivity contribution < 1.29 is 128 Å². The third-order valence-electron chi connectivity index (χ3n) is 4.29. The fourth-order valence-electron chi connectivity index (χ4n) is 2.77. The van der Waals surface area contributed by atoms with E-state index in [1.54, 1.807) is 36.4 Å². The molecular formula is C23H21KN5O10Yb. The van der Waals surface area contributed by atoms with Gasteiger partial charge in [-0.1, -0.05) is 41.8 Å². The Kier molecular flexibility index (Phi) is 22.3. The monoisotopic (exact) mass is 740 g/mol. The molecule has 0 bridgehead atoms. The number of methoxy groups -OCH3 is 2. The summed E-state index contributed by atoms with van der Waals surface area (Å²) in [4.78, 5) is 29.6. The van der Waals surface area contributed by atoms with Gasteiger partial charge in [-0.05, 0) is 35.4 Å². The first-order valence-corrected chi connectivity index (χ1v) is 10.3. The van der Waals surface area contributed by atoms with Crippen molar-refractivity contribution >= 4 is 12.4 Å². The molecule has 2 aromatic carbocycles. The largest absolute Gasteiger partial charge is 3.00 e. The summed E-state index contributed by atoms with van der Waals surface area (Å²) >= 11 is 0. The Bertz CT molecular complexity index is 1180. The summed E-state index contributed by atoms with van der Waals surface area (Å²) in [6, 6.07) is 15.7. The average molecular weight is 740 g/mol. The van der Waals surface area contributed by atoms with Crippen LogP contribution < -0.4 is 71.1 Å². The molecule has 40 heavy (non-hydrogen) atoms. The summed E-state index contributed by atoms with van der Waals surface area (Å²) in [6.45, 7) is 0.656. The molecule has 0 aliphatic rings. The van der Waals surface area contributed by atoms with Gasteiger partial charge in [-0.2, -0.15) is 0 Å². The average Bonchev–Trinajstić information content (AvgIpc) is 2.86. The van der Waals surface area contributed by atoms with Crippen molar-refractivity contribution in [3.8, 4) is 23.0 Å². The number of ether oxygens (including phenoxy) is 2. The molecule has 213 valence electrons. The maximum absolute atomic E-state index is 12.1. The van der Waals surface area contributed by atoms with E-state index in [2.05, 4.69) is 15.0 Å². The van der Waals surface area contributed by atoms with Crippen LogP contribution in [-0.4, -0.2) is 41.8 Å². The minimum Gasteiger partial charge on any atom is -0.870 e. The Morgan fingerprint density at radius 2 is 1.05 bits per heavy atom. The van der Waals surface area contributed by atoms with E-state index in [0.717, 1.165) is 11.4 Å². The number of para-hydroxylation sites is 2. The molecule has 0 N–H and O–H groups in total. The van der Waals surface area contributed by atoms with Gasteiger partial charge in [-0.15, -0.1) is 0 Å². The van der Waals surface area contributed by atoms with Crippen LogP contribution in [0.25, 0.3) is 0 Å². The van der Waals surface area contributed by atoms with E-state index in [9.17, 15) is 10.2 Å². The molecule has 1 radical (unpaired) electrons. The minimum atomic E-state index is -1.75. The van der Waals surface area contributed by atoms with Gasteiger partial charge in [-0.3, -0.25) is 15.0 Å². The van der Waals surface area contributed by atoms with E-state index in [1.807, 2.05) is 18.2 Å². The Morgan fingerprint density at radius 1 is 0.725 bits per heavy atom. The second-order valence-corrected chi connectivity index (χ2v) is 6.76. The van der Waals surface area contributed by atoms with Crippen molar-refractivity contribution in [2.24, 2.45) is 9.98 Å². The maximum Gasteiger partial charge on any atom is 3.00 e. The summed E-state index contributed by atoms with van der Waals surface area (Å²) in [5.41, 5.74) is 2.42. The standard InChI is InChI=1S/C23H23N3O4.K.2NO3.Yb/c1-29-20-10-3-6-16(22(20)27)12-24-14-18-8-5-9-19(26-18)15-25-13-17-7-4-11-21(30-2)23(17)28;;2*2-1(3)4;/h3-13,27-28H,14-15H2,1-2H3;;;;/q;+1;2*-1;+3/p-2. The van der Waals surface area contributed by atoms with Crippen molar-refractivity contribution in [1.29, 1.82) is 0 Å². The van der Waals surface area contributed by atoms with Crippen molar-refractivity contribution in [3.63, 3.8) is 0 Å². The van der Waals surface area contributed by atoms with Crippen molar-refractivity contribution in [1.82, 2.24) is 4.98 Å². The van der Waals surface area contributed by atoms with Crippen molar-refractivity contribution in [3.05, 3.63) is 108 Å². The molecule has 15 nitrogen and oxygen atoms in total. The summed E-state index contributed by atoms with van der Waals surface area (Å²) in [5.74, 6) is 0.175. The molecule has 0 aliphatic heterocycles. The van der Waals surface area contributed by atoms with Gasteiger partial charge >= 0.3 is 98.3 Å². The van der Waals surface area contributed by atoms with E-state index in [0.29, 0.717) is 24.2 Å². The van der Waals surface area contributed by atoms with Gasteiger partial charge in [0.1, 0.15) is 11.5 Å². The Balaban J connectivity index is 0. The molecule has 0 saturated heterocycles. The molecule has 0 unspecified atom stereocenters. The van der Waals surface area contributed by atoms with Crippen LogP contribution in [-0.2, 0) is 13.1 Å². The first kappa shape index (κ1) is 39.8. The third-order valence-corrected chi connectivity index (χ3v) is 4.29. The van der Waals surface area contributed by atoms with E-state index in [4.69, 9.17) is 40.1 Å². The first-order valence-electron chi connectivity index (χ1n) is 10.3. The molecule has 0 spiro atoms. The van der Waals surface area contributed by atoms with Gasteiger partial charge in [0.15, 0.2) is 0 Å². The predicted octanol–water partition coefficient (Wildman–Crippen LogP) is -0.990. The van der Waals surface area contributed by atoms with Gasteiger partial charge in [0.2, 0.25) is 0 Å². The molecule has 0 aliphatic carbocycles. The minimum absolute atomic E-state index is 0. The van der Waals surface area contributed by atoms with Crippen LogP contribution in [0.1, 0.15) is 22.5 Å². The number of nitrogens with zero attached hydrogens (tertiary/aromatic N) is 5. The molecule has 1 heterocycles. The van der Waals surface area contributed by atoms with Crippen LogP contribution in [0.3, 0.4) is 0 Å². The zero-order valence-electron chi connectivity index (χ0n) is 21.4. The Labute approximate surface area is 309 Å². The van der Waals surface area contributed by atoms with E-state index in [-0.39, 0.29) is 121 Å². The molecule has 3 aromatic rings. The van der Waals surface area contributed by atoms with Crippen LogP contribution in [0, 0.1) is 77.6 Å². The second kappa shape index (κ2) is 22.4. The maximum atomic E-state index is 12.1. The zero-order valence-corrected chi connectivity index (χ0v) is 26.2. The molecular weight excluding hydrogens is 718 g/mol. The summed E-state index contributed by atoms with van der Waals surface area (Å²) in [5, 5.41) is 53.7. The number of hydrogen-bond acceptors (Lipinski definition) is 13. The number of aromatic nitrogens is 1. The third kappa shape index (κ3) is 16.1.